The first-order chi connectivity index (χ1) is 8.48. The number of nitrogens with zero attached hydrogens (tertiary/aromatic N) is 2. The van der Waals surface area contributed by atoms with E-state index in [1.807, 2.05) is 13.8 Å². The van der Waals surface area contributed by atoms with E-state index in [1.165, 1.54) is 4.31 Å². The summed E-state index contributed by atoms with van der Waals surface area (Å²) in [6, 6.07) is -0.0359. The van der Waals surface area contributed by atoms with Crippen molar-refractivity contribution in [1.29, 1.82) is 0 Å². The molecule has 0 radical (unpaired) electrons. The molecule has 0 aliphatic heterocycles. The van der Waals surface area contributed by atoms with E-state index in [1.54, 1.807) is 11.4 Å². The van der Waals surface area contributed by atoms with Crippen molar-refractivity contribution in [2.24, 2.45) is 11.7 Å². The van der Waals surface area contributed by atoms with Gasteiger partial charge in [-0.3, -0.25) is 0 Å². The number of likely N-dealkylation sites (N-methyl/N-ethyl adjacent to an activating group) is 1. The predicted molar refractivity (Wildman–Crippen MR) is 74.4 cm³/mol. The Morgan fingerprint density at radius 3 is 2.06 bits per heavy atom. The maximum absolute atomic E-state index is 12.5. The normalized spacial score (nSPS) is 18.6. The van der Waals surface area contributed by atoms with E-state index in [2.05, 4.69) is 0 Å². The Bertz CT molecular complexity index is 335. The molecule has 0 amide bonds. The molecule has 1 aliphatic carbocycles. The summed E-state index contributed by atoms with van der Waals surface area (Å²) in [7, 11) is -1.68. The van der Waals surface area contributed by atoms with E-state index in [0.717, 1.165) is 25.7 Å². The van der Waals surface area contributed by atoms with Crippen LogP contribution in [0.3, 0.4) is 0 Å². The molecule has 1 saturated carbocycles. The summed E-state index contributed by atoms with van der Waals surface area (Å²) in [6.45, 7) is 5.58. The van der Waals surface area contributed by atoms with Gasteiger partial charge >= 0.3 is 0 Å². The van der Waals surface area contributed by atoms with Crippen LogP contribution >= 0.6 is 0 Å². The first-order valence-corrected chi connectivity index (χ1v) is 8.31. The van der Waals surface area contributed by atoms with Crippen LogP contribution in [0.1, 0.15) is 39.5 Å². The van der Waals surface area contributed by atoms with Gasteiger partial charge in [-0.15, -0.1) is 0 Å². The molecule has 1 rings (SSSR count). The smallest absolute Gasteiger partial charge is 0.282 e. The zero-order valence-electron chi connectivity index (χ0n) is 11.8. The molecule has 108 valence electrons. The molecule has 0 aromatic rings. The standard InChI is InChI=1S/C12H27N3O2S/c1-4-8-15(9-5-2)18(16,17)14(3)12(10-13)11-6-7-11/h11-12H,4-10,13H2,1-3H3. The van der Waals surface area contributed by atoms with E-state index in [4.69, 9.17) is 5.73 Å². The third-order valence-corrected chi connectivity index (χ3v) is 5.53. The summed E-state index contributed by atoms with van der Waals surface area (Å²) in [5.74, 6) is 0.458. The Morgan fingerprint density at radius 2 is 1.72 bits per heavy atom. The number of rotatable bonds is 9. The predicted octanol–water partition coefficient (Wildman–Crippen LogP) is 1.02. The van der Waals surface area contributed by atoms with E-state index in [-0.39, 0.29) is 6.04 Å². The fourth-order valence-electron chi connectivity index (χ4n) is 2.31. The summed E-state index contributed by atoms with van der Waals surface area (Å²) in [5, 5.41) is 0. The van der Waals surface area contributed by atoms with Gasteiger partial charge in [-0.1, -0.05) is 13.8 Å². The van der Waals surface area contributed by atoms with Crippen LogP contribution < -0.4 is 5.73 Å². The molecule has 0 saturated heterocycles. The minimum atomic E-state index is -3.36. The van der Waals surface area contributed by atoms with E-state index >= 15 is 0 Å². The van der Waals surface area contributed by atoms with Gasteiger partial charge < -0.3 is 5.73 Å². The maximum Gasteiger partial charge on any atom is 0.282 e. The molecule has 0 spiro atoms. The molecule has 2 N–H and O–H groups in total. The van der Waals surface area contributed by atoms with Gasteiger partial charge in [-0.25, -0.2) is 0 Å². The molecule has 0 aromatic carbocycles. The first kappa shape index (κ1) is 15.9. The third kappa shape index (κ3) is 3.66. The quantitative estimate of drug-likeness (QED) is 0.684. The van der Waals surface area contributed by atoms with Gasteiger partial charge in [0.15, 0.2) is 0 Å². The molecule has 0 bridgehead atoms. The number of hydrogen-bond donors (Lipinski definition) is 1. The average Bonchev–Trinajstić information content (AvgIpc) is 3.14. The fourth-order valence-corrected chi connectivity index (χ4v) is 4.10. The van der Waals surface area contributed by atoms with Crippen molar-refractivity contribution in [3.63, 3.8) is 0 Å². The van der Waals surface area contributed by atoms with Crippen molar-refractivity contribution in [1.82, 2.24) is 8.61 Å². The topological polar surface area (TPSA) is 66.6 Å². The van der Waals surface area contributed by atoms with Crippen LogP contribution in [-0.2, 0) is 10.2 Å². The Balaban J connectivity index is 2.80. The number of nitrogens with two attached hydrogens (primary N) is 1. The molecule has 18 heavy (non-hydrogen) atoms. The van der Waals surface area contributed by atoms with Gasteiger partial charge in [0, 0.05) is 32.7 Å². The van der Waals surface area contributed by atoms with Gasteiger partial charge in [-0.05, 0) is 31.6 Å². The summed E-state index contributed by atoms with van der Waals surface area (Å²) >= 11 is 0. The molecule has 1 unspecified atom stereocenters. The Morgan fingerprint density at radius 1 is 1.22 bits per heavy atom. The minimum absolute atomic E-state index is 0.0359. The fraction of sp³-hybridized carbons (Fsp3) is 1.00. The van der Waals surface area contributed by atoms with Crippen molar-refractivity contribution in [2.75, 3.05) is 26.7 Å². The average molecular weight is 277 g/mol. The van der Waals surface area contributed by atoms with Gasteiger partial charge in [0.2, 0.25) is 0 Å². The zero-order valence-corrected chi connectivity index (χ0v) is 12.6. The largest absolute Gasteiger partial charge is 0.329 e. The third-order valence-electron chi connectivity index (χ3n) is 3.51. The summed E-state index contributed by atoms with van der Waals surface area (Å²) in [4.78, 5) is 0. The molecule has 1 aliphatic rings. The lowest BCUT2D eigenvalue weighted by Gasteiger charge is -2.32. The second kappa shape index (κ2) is 6.84. The van der Waals surface area contributed by atoms with Crippen LogP contribution in [0.5, 0.6) is 0 Å². The molecule has 1 fully saturated rings. The van der Waals surface area contributed by atoms with Crippen molar-refractivity contribution in [2.45, 2.75) is 45.6 Å². The molecule has 0 aromatic heterocycles. The van der Waals surface area contributed by atoms with E-state index < -0.39 is 10.2 Å². The van der Waals surface area contributed by atoms with Crippen LogP contribution in [0, 0.1) is 5.92 Å². The summed E-state index contributed by atoms with van der Waals surface area (Å²) in [5.41, 5.74) is 5.73. The van der Waals surface area contributed by atoms with Gasteiger partial charge in [-0.2, -0.15) is 17.0 Å². The van der Waals surface area contributed by atoms with Crippen molar-refractivity contribution in [3.8, 4) is 0 Å². The van der Waals surface area contributed by atoms with Gasteiger partial charge in [0.1, 0.15) is 0 Å². The second-order valence-corrected chi connectivity index (χ2v) is 7.05. The lowest BCUT2D eigenvalue weighted by Crippen LogP contribution is -2.50. The van der Waals surface area contributed by atoms with Gasteiger partial charge in [0.05, 0.1) is 0 Å². The van der Waals surface area contributed by atoms with Crippen molar-refractivity contribution >= 4 is 10.2 Å². The molecule has 0 heterocycles. The Labute approximate surface area is 112 Å². The monoisotopic (exact) mass is 277 g/mol. The van der Waals surface area contributed by atoms with Crippen LogP contribution in [0.25, 0.3) is 0 Å². The van der Waals surface area contributed by atoms with Crippen LogP contribution in [0.2, 0.25) is 0 Å². The molecule has 5 nitrogen and oxygen atoms in total. The van der Waals surface area contributed by atoms with E-state index in [9.17, 15) is 8.42 Å². The van der Waals surface area contributed by atoms with E-state index in [0.29, 0.717) is 25.6 Å². The van der Waals surface area contributed by atoms with Crippen LogP contribution in [0.4, 0.5) is 0 Å². The lowest BCUT2D eigenvalue weighted by molar-refractivity contribution is 0.297. The summed E-state index contributed by atoms with van der Waals surface area (Å²) < 4.78 is 28.2. The van der Waals surface area contributed by atoms with Crippen LogP contribution in [0.15, 0.2) is 0 Å². The Kier molecular flexibility index (Phi) is 6.04. The summed E-state index contributed by atoms with van der Waals surface area (Å²) in [6.07, 6.45) is 3.88. The van der Waals surface area contributed by atoms with Gasteiger partial charge in [0.25, 0.3) is 10.2 Å². The number of hydrogen-bond acceptors (Lipinski definition) is 3. The van der Waals surface area contributed by atoms with Crippen LogP contribution in [-0.4, -0.2) is 49.8 Å². The molecular formula is C12H27N3O2S. The minimum Gasteiger partial charge on any atom is -0.329 e. The highest BCUT2D eigenvalue weighted by Gasteiger charge is 2.39. The lowest BCUT2D eigenvalue weighted by atomic mass is 10.2. The Hall–Kier alpha value is -0.170. The highest BCUT2D eigenvalue weighted by atomic mass is 32.2. The van der Waals surface area contributed by atoms with Crippen molar-refractivity contribution < 1.29 is 8.42 Å². The molecular weight excluding hydrogens is 250 g/mol. The highest BCUT2D eigenvalue weighted by molar-refractivity contribution is 7.86. The highest BCUT2D eigenvalue weighted by Crippen LogP contribution is 2.35. The molecule has 1 atom stereocenters. The second-order valence-electron chi connectivity index (χ2n) is 5.06. The van der Waals surface area contributed by atoms with Crippen molar-refractivity contribution in [3.05, 3.63) is 0 Å². The molecule has 6 heteroatoms. The first-order valence-electron chi connectivity index (χ1n) is 6.92. The SMILES string of the molecule is CCCN(CCC)S(=O)(=O)N(C)C(CN)C1CC1. The zero-order chi connectivity index (χ0) is 13.8. The maximum atomic E-state index is 12.5.